The molecule has 0 aliphatic heterocycles. The number of carbonyl (C=O) groups excluding carboxylic acids is 1. The first-order valence-electron chi connectivity index (χ1n) is 8.34. The van der Waals surface area contributed by atoms with Gasteiger partial charge in [-0.3, -0.25) is 4.79 Å². The smallest absolute Gasteiger partial charge is 0.226 e. The van der Waals surface area contributed by atoms with Gasteiger partial charge in [-0.25, -0.2) is 4.98 Å². The Morgan fingerprint density at radius 3 is 2.58 bits per heavy atom. The van der Waals surface area contributed by atoms with Crippen molar-refractivity contribution in [1.29, 1.82) is 0 Å². The van der Waals surface area contributed by atoms with Crippen LogP contribution in [0.25, 0.3) is 10.6 Å². The zero-order chi connectivity index (χ0) is 17.7. The van der Waals surface area contributed by atoms with Gasteiger partial charge in [0.2, 0.25) is 5.91 Å². The molecule has 1 aromatic heterocycles. The maximum Gasteiger partial charge on any atom is 0.226 e. The van der Waals surface area contributed by atoms with E-state index in [0.29, 0.717) is 0 Å². The summed E-state index contributed by atoms with van der Waals surface area (Å²) in [4.78, 5) is 16.6. The summed E-state index contributed by atoms with van der Waals surface area (Å²) in [5.41, 5.74) is 2.24. The zero-order valence-electron chi connectivity index (χ0n) is 14.8. The van der Waals surface area contributed by atoms with Crippen LogP contribution in [0.5, 0.6) is 0 Å². The topological polar surface area (TPSA) is 62.2 Å². The van der Waals surface area contributed by atoms with Crippen molar-refractivity contribution < 1.29 is 9.90 Å². The van der Waals surface area contributed by atoms with Crippen molar-refractivity contribution in [2.75, 3.05) is 6.54 Å². The van der Waals surface area contributed by atoms with Crippen molar-refractivity contribution in [2.24, 2.45) is 5.92 Å². The predicted molar refractivity (Wildman–Crippen MR) is 99.1 cm³/mol. The van der Waals surface area contributed by atoms with Gasteiger partial charge in [0.1, 0.15) is 5.01 Å². The van der Waals surface area contributed by atoms with Gasteiger partial charge in [0, 0.05) is 17.5 Å². The summed E-state index contributed by atoms with van der Waals surface area (Å²) in [6.45, 7) is 7.98. The Labute approximate surface area is 148 Å². The number of benzene rings is 1. The minimum absolute atomic E-state index is 0.0785. The largest absolute Gasteiger partial charge is 0.388 e. The minimum Gasteiger partial charge on any atom is -0.388 e. The van der Waals surface area contributed by atoms with Crippen LogP contribution in [-0.4, -0.2) is 28.1 Å². The molecule has 0 radical (unpaired) electrons. The van der Waals surface area contributed by atoms with Gasteiger partial charge < -0.3 is 10.4 Å². The van der Waals surface area contributed by atoms with Crippen molar-refractivity contribution in [3.05, 3.63) is 40.9 Å². The lowest BCUT2D eigenvalue weighted by Crippen LogP contribution is -2.44. The van der Waals surface area contributed by atoms with Gasteiger partial charge in [0.25, 0.3) is 0 Å². The van der Waals surface area contributed by atoms with Gasteiger partial charge in [-0.1, -0.05) is 45.0 Å². The third-order valence-electron chi connectivity index (χ3n) is 4.39. The lowest BCUT2D eigenvalue weighted by atomic mass is 9.92. The van der Waals surface area contributed by atoms with E-state index in [1.54, 1.807) is 18.3 Å². The number of thiazole rings is 1. The van der Waals surface area contributed by atoms with E-state index < -0.39 is 5.60 Å². The molecular weight excluding hydrogens is 320 g/mol. The number of nitrogens with one attached hydrogen (secondary N) is 1. The van der Waals surface area contributed by atoms with Crippen molar-refractivity contribution >= 4 is 17.2 Å². The molecule has 0 saturated carbocycles. The predicted octanol–water partition coefficient (Wildman–Crippen LogP) is 3.44. The fourth-order valence-corrected chi connectivity index (χ4v) is 2.94. The van der Waals surface area contributed by atoms with E-state index >= 15 is 0 Å². The van der Waals surface area contributed by atoms with E-state index in [0.717, 1.165) is 22.7 Å². The molecular formula is C19H26N2O2S. The van der Waals surface area contributed by atoms with Gasteiger partial charge in [-0.2, -0.15) is 0 Å². The second kappa shape index (κ2) is 7.90. The normalized spacial score (nSPS) is 13.8. The molecule has 0 fully saturated rings. The van der Waals surface area contributed by atoms with Crippen LogP contribution in [0, 0.1) is 5.92 Å². The first-order valence-corrected chi connectivity index (χ1v) is 9.22. The number of aliphatic hydroxyl groups is 1. The van der Waals surface area contributed by atoms with Gasteiger partial charge in [0.05, 0.1) is 17.7 Å². The number of hydrogen-bond acceptors (Lipinski definition) is 4. The molecule has 1 aromatic carbocycles. The third kappa shape index (κ3) is 4.89. The van der Waals surface area contributed by atoms with Crippen LogP contribution in [0.4, 0.5) is 0 Å². The molecule has 2 N–H and O–H groups in total. The summed E-state index contributed by atoms with van der Waals surface area (Å²) in [5, 5.41) is 15.8. The van der Waals surface area contributed by atoms with Crippen molar-refractivity contribution in [2.45, 2.75) is 46.1 Å². The molecule has 4 nitrogen and oxygen atoms in total. The lowest BCUT2D eigenvalue weighted by molar-refractivity contribution is -0.122. The highest BCUT2D eigenvalue weighted by molar-refractivity contribution is 7.13. The minimum atomic E-state index is -0.899. The molecule has 1 amide bonds. The maximum absolute atomic E-state index is 12.1. The van der Waals surface area contributed by atoms with E-state index in [2.05, 4.69) is 41.5 Å². The molecule has 1 heterocycles. The number of rotatable bonds is 7. The van der Waals surface area contributed by atoms with Crippen LogP contribution in [0.1, 0.15) is 39.0 Å². The molecule has 2 rings (SSSR count). The Balaban J connectivity index is 1.94. The number of carbonyl (C=O) groups is 1. The molecule has 2 aromatic rings. The maximum atomic E-state index is 12.1. The Bertz CT molecular complexity index is 675. The van der Waals surface area contributed by atoms with Crippen molar-refractivity contribution in [3.8, 4) is 10.6 Å². The quantitative estimate of drug-likeness (QED) is 0.807. The van der Waals surface area contributed by atoms with E-state index in [1.165, 1.54) is 5.56 Å². The van der Waals surface area contributed by atoms with Gasteiger partial charge in [0.15, 0.2) is 0 Å². The average Bonchev–Trinajstić information content (AvgIpc) is 3.01. The average molecular weight is 346 g/mol. The van der Waals surface area contributed by atoms with Crippen LogP contribution >= 0.6 is 11.3 Å². The van der Waals surface area contributed by atoms with Crippen LogP contribution in [0.3, 0.4) is 0 Å². The fourth-order valence-electron chi connectivity index (χ4n) is 2.11. The highest BCUT2D eigenvalue weighted by Crippen LogP contribution is 2.24. The Kier molecular flexibility index (Phi) is 6.13. The Morgan fingerprint density at radius 2 is 2.00 bits per heavy atom. The monoisotopic (exact) mass is 346 g/mol. The van der Waals surface area contributed by atoms with Crippen LogP contribution in [0.15, 0.2) is 29.6 Å². The first-order chi connectivity index (χ1) is 11.3. The van der Waals surface area contributed by atoms with Gasteiger partial charge in [-0.05, 0) is 24.8 Å². The summed E-state index contributed by atoms with van der Waals surface area (Å²) >= 11 is 1.55. The molecule has 24 heavy (non-hydrogen) atoms. The number of amides is 1. The second-order valence-corrected chi connectivity index (χ2v) is 7.52. The number of aromatic nitrogens is 1. The Morgan fingerprint density at radius 1 is 1.33 bits per heavy atom. The van der Waals surface area contributed by atoms with E-state index in [4.69, 9.17) is 0 Å². The van der Waals surface area contributed by atoms with Gasteiger partial charge >= 0.3 is 0 Å². The number of nitrogens with zero attached hydrogens (tertiary/aromatic N) is 1. The lowest BCUT2D eigenvalue weighted by Gasteiger charge is -2.27. The summed E-state index contributed by atoms with van der Waals surface area (Å²) in [5.74, 6) is -0.0381. The van der Waals surface area contributed by atoms with Crippen molar-refractivity contribution in [1.82, 2.24) is 10.3 Å². The highest BCUT2D eigenvalue weighted by atomic mass is 32.1. The van der Waals surface area contributed by atoms with Crippen molar-refractivity contribution in [3.63, 3.8) is 0 Å². The summed E-state index contributed by atoms with van der Waals surface area (Å²) in [7, 11) is 0. The molecule has 0 aliphatic rings. The highest BCUT2D eigenvalue weighted by Gasteiger charge is 2.25. The molecule has 5 heteroatoms. The fraction of sp³-hybridized carbons (Fsp3) is 0.474. The van der Waals surface area contributed by atoms with Gasteiger partial charge in [-0.15, -0.1) is 11.3 Å². The molecule has 0 spiro atoms. The third-order valence-corrected chi connectivity index (χ3v) is 5.33. The summed E-state index contributed by atoms with van der Waals surface area (Å²) < 4.78 is 0. The van der Waals surface area contributed by atoms with E-state index in [9.17, 15) is 9.90 Å². The Hall–Kier alpha value is -1.72. The number of hydrogen-bond donors (Lipinski definition) is 2. The SMILES string of the molecule is CCc1ccc(-c2nc(CC(=O)NCC(C)(O)C(C)C)cs2)cc1. The van der Waals surface area contributed by atoms with Crippen LogP contribution < -0.4 is 5.32 Å². The summed E-state index contributed by atoms with van der Waals surface area (Å²) in [6, 6.07) is 8.36. The number of aryl methyl sites for hydroxylation is 1. The second-order valence-electron chi connectivity index (χ2n) is 6.66. The standard InChI is InChI=1S/C19H26N2O2S/c1-5-14-6-8-15(9-7-14)18-21-16(11-24-18)10-17(22)20-12-19(4,23)13(2)3/h6-9,11,13,23H,5,10,12H2,1-4H3,(H,20,22). The summed E-state index contributed by atoms with van der Waals surface area (Å²) in [6.07, 6.45) is 1.25. The molecule has 1 atom stereocenters. The molecule has 130 valence electrons. The molecule has 0 aliphatic carbocycles. The van der Waals surface area contributed by atoms with E-state index in [1.807, 2.05) is 19.2 Å². The molecule has 1 unspecified atom stereocenters. The zero-order valence-corrected chi connectivity index (χ0v) is 15.6. The van der Waals surface area contributed by atoms with Crippen LogP contribution in [-0.2, 0) is 17.6 Å². The molecule has 0 bridgehead atoms. The van der Waals surface area contributed by atoms with Crippen LogP contribution in [0.2, 0.25) is 0 Å². The molecule has 0 saturated heterocycles. The first kappa shape index (κ1) is 18.6. The van der Waals surface area contributed by atoms with E-state index in [-0.39, 0.29) is 24.8 Å².